The molecule has 0 aliphatic rings. The summed E-state index contributed by atoms with van der Waals surface area (Å²) in [6.45, 7) is 13.8. The summed E-state index contributed by atoms with van der Waals surface area (Å²) in [5.74, 6) is 0.720. The summed E-state index contributed by atoms with van der Waals surface area (Å²) in [6, 6.07) is 1.40. The van der Waals surface area contributed by atoms with Crippen LogP contribution >= 0.6 is 0 Å². The molecule has 0 saturated heterocycles. The molecule has 0 aromatic carbocycles. The molecule has 0 bridgehead atoms. The molecule has 2 nitrogen and oxygen atoms in total. The lowest BCUT2D eigenvalue weighted by molar-refractivity contribution is 0.133. The van der Waals surface area contributed by atoms with Crippen LogP contribution in [0.25, 0.3) is 0 Å². The zero-order valence-corrected chi connectivity index (χ0v) is 12.2. The maximum Gasteiger partial charge on any atom is 0.0104 e. The molecule has 0 fully saturated rings. The minimum absolute atomic E-state index is 0.661. The first-order valence-electron chi connectivity index (χ1n) is 7.00. The third kappa shape index (κ3) is 5.31. The molecule has 98 valence electrons. The van der Waals surface area contributed by atoms with Crippen LogP contribution in [-0.2, 0) is 0 Å². The van der Waals surface area contributed by atoms with E-state index < -0.39 is 0 Å². The Bertz CT molecular complexity index is 155. The molecule has 2 unspecified atom stereocenters. The molecule has 0 spiro atoms. The molecule has 0 heterocycles. The topological polar surface area (TPSA) is 15.3 Å². The van der Waals surface area contributed by atoms with Crippen molar-refractivity contribution in [3.63, 3.8) is 0 Å². The van der Waals surface area contributed by atoms with Crippen molar-refractivity contribution in [3.8, 4) is 0 Å². The fourth-order valence-electron chi connectivity index (χ4n) is 2.28. The van der Waals surface area contributed by atoms with Crippen molar-refractivity contribution < 1.29 is 0 Å². The van der Waals surface area contributed by atoms with Gasteiger partial charge in [-0.2, -0.15) is 0 Å². The average Bonchev–Trinajstić information content (AvgIpc) is 2.29. The predicted octanol–water partition coefficient (Wildman–Crippen LogP) is 3.13. The molecule has 16 heavy (non-hydrogen) atoms. The second-order valence-corrected chi connectivity index (χ2v) is 5.06. The summed E-state index contributed by atoms with van der Waals surface area (Å²) >= 11 is 0. The highest BCUT2D eigenvalue weighted by Crippen LogP contribution is 2.15. The summed E-state index contributed by atoms with van der Waals surface area (Å²) in [4.78, 5) is 2.55. The second-order valence-electron chi connectivity index (χ2n) is 5.06. The lowest BCUT2D eigenvalue weighted by atomic mass is 9.99. The van der Waals surface area contributed by atoms with E-state index in [0.717, 1.165) is 25.0 Å². The van der Waals surface area contributed by atoms with Gasteiger partial charge in [0.15, 0.2) is 0 Å². The predicted molar refractivity (Wildman–Crippen MR) is 73.9 cm³/mol. The normalized spacial score (nSPS) is 15.8. The zero-order chi connectivity index (χ0) is 12.6. The molecular weight excluding hydrogens is 196 g/mol. The minimum Gasteiger partial charge on any atom is -0.316 e. The van der Waals surface area contributed by atoms with Gasteiger partial charge in [-0.25, -0.2) is 0 Å². The number of nitrogens with zero attached hydrogens (tertiary/aromatic N) is 1. The van der Waals surface area contributed by atoms with Gasteiger partial charge < -0.3 is 10.2 Å². The van der Waals surface area contributed by atoms with Crippen molar-refractivity contribution >= 4 is 0 Å². The van der Waals surface area contributed by atoms with Gasteiger partial charge in [-0.1, -0.05) is 27.7 Å². The lowest BCUT2D eigenvalue weighted by Gasteiger charge is -2.35. The van der Waals surface area contributed by atoms with E-state index in [0.29, 0.717) is 6.04 Å². The Morgan fingerprint density at radius 3 is 2.06 bits per heavy atom. The first-order chi connectivity index (χ1) is 7.58. The molecule has 2 atom stereocenters. The summed E-state index contributed by atoms with van der Waals surface area (Å²) in [6.07, 6.45) is 3.74. The van der Waals surface area contributed by atoms with Crippen LogP contribution in [0.4, 0.5) is 0 Å². The molecule has 0 radical (unpaired) electrons. The molecule has 0 amide bonds. The van der Waals surface area contributed by atoms with Crippen LogP contribution in [0.1, 0.15) is 53.9 Å². The van der Waals surface area contributed by atoms with E-state index in [9.17, 15) is 0 Å². The molecule has 0 aliphatic carbocycles. The molecule has 1 N–H and O–H groups in total. The fourth-order valence-corrected chi connectivity index (χ4v) is 2.28. The van der Waals surface area contributed by atoms with Gasteiger partial charge in [0.1, 0.15) is 0 Å². The smallest absolute Gasteiger partial charge is 0.0104 e. The highest BCUT2D eigenvalue weighted by atomic mass is 15.2. The van der Waals surface area contributed by atoms with Crippen molar-refractivity contribution in [1.82, 2.24) is 10.2 Å². The Kier molecular flexibility index (Phi) is 8.96. The van der Waals surface area contributed by atoms with Crippen molar-refractivity contribution in [1.29, 1.82) is 0 Å². The first kappa shape index (κ1) is 15.9. The summed E-state index contributed by atoms with van der Waals surface area (Å²) in [5.41, 5.74) is 0. The van der Waals surface area contributed by atoms with Gasteiger partial charge >= 0.3 is 0 Å². The number of rotatable bonds is 9. The van der Waals surface area contributed by atoms with Crippen LogP contribution in [0.5, 0.6) is 0 Å². The van der Waals surface area contributed by atoms with E-state index in [1.807, 2.05) is 0 Å². The van der Waals surface area contributed by atoms with Gasteiger partial charge in [-0.15, -0.1) is 0 Å². The first-order valence-corrected chi connectivity index (χ1v) is 7.00. The van der Waals surface area contributed by atoms with Crippen LogP contribution in [-0.4, -0.2) is 37.1 Å². The van der Waals surface area contributed by atoms with E-state index in [-0.39, 0.29) is 0 Å². The van der Waals surface area contributed by atoms with Crippen molar-refractivity contribution in [2.24, 2.45) is 5.92 Å². The monoisotopic (exact) mass is 228 g/mol. The van der Waals surface area contributed by atoms with Crippen LogP contribution in [0.2, 0.25) is 0 Å². The molecule has 0 aromatic heterocycles. The van der Waals surface area contributed by atoms with Gasteiger partial charge in [0.2, 0.25) is 0 Å². The van der Waals surface area contributed by atoms with Crippen LogP contribution in [0, 0.1) is 5.92 Å². The molecule has 0 aliphatic heterocycles. The summed E-state index contributed by atoms with van der Waals surface area (Å²) in [7, 11) is 2.28. The van der Waals surface area contributed by atoms with Crippen LogP contribution < -0.4 is 5.32 Å². The van der Waals surface area contributed by atoms with Gasteiger partial charge in [-0.05, 0) is 52.2 Å². The molecule has 0 aromatic rings. The van der Waals surface area contributed by atoms with Crippen LogP contribution in [0.15, 0.2) is 0 Å². The van der Waals surface area contributed by atoms with E-state index in [2.05, 4.69) is 51.9 Å². The van der Waals surface area contributed by atoms with Gasteiger partial charge in [-0.3, -0.25) is 0 Å². The van der Waals surface area contributed by atoms with Gasteiger partial charge in [0.25, 0.3) is 0 Å². The maximum absolute atomic E-state index is 3.52. The molecule has 0 rings (SSSR count). The molecule has 0 saturated carbocycles. The van der Waals surface area contributed by atoms with Crippen LogP contribution in [0.3, 0.4) is 0 Å². The third-order valence-corrected chi connectivity index (χ3v) is 3.88. The van der Waals surface area contributed by atoms with E-state index >= 15 is 0 Å². The number of hydrogen-bond donors (Lipinski definition) is 1. The van der Waals surface area contributed by atoms with Gasteiger partial charge in [0.05, 0.1) is 0 Å². The number of nitrogens with one attached hydrogen (secondary N) is 1. The second kappa shape index (κ2) is 9.00. The SMILES string of the molecule is CCCNCC(C)C(C)N(C)C(CC)CC. The molecular formula is C14H32N2. The minimum atomic E-state index is 0.661. The fraction of sp³-hybridized carbons (Fsp3) is 1.00. The number of hydrogen-bond acceptors (Lipinski definition) is 2. The van der Waals surface area contributed by atoms with Gasteiger partial charge in [0, 0.05) is 12.1 Å². The van der Waals surface area contributed by atoms with E-state index in [1.165, 1.54) is 19.3 Å². The Labute approximate surface area is 103 Å². The van der Waals surface area contributed by atoms with Crippen molar-refractivity contribution in [2.75, 3.05) is 20.1 Å². The Hall–Kier alpha value is -0.0800. The zero-order valence-electron chi connectivity index (χ0n) is 12.2. The quantitative estimate of drug-likeness (QED) is 0.610. The summed E-state index contributed by atoms with van der Waals surface area (Å²) in [5, 5.41) is 3.52. The standard InChI is InChI=1S/C14H32N2/c1-7-10-15-11-12(4)13(5)16(6)14(8-2)9-3/h12-15H,7-11H2,1-6H3. The Balaban J connectivity index is 4.03. The van der Waals surface area contributed by atoms with E-state index in [4.69, 9.17) is 0 Å². The highest BCUT2D eigenvalue weighted by molar-refractivity contribution is 4.77. The largest absolute Gasteiger partial charge is 0.316 e. The Morgan fingerprint density at radius 2 is 1.62 bits per heavy atom. The third-order valence-electron chi connectivity index (χ3n) is 3.88. The average molecular weight is 228 g/mol. The highest BCUT2D eigenvalue weighted by Gasteiger charge is 2.21. The lowest BCUT2D eigenvalue weighted by Crippen LogP contribution is -2.44. The van der Waals surface area contributed by atoms with Crippen molar-refractivity contribution in [3.05, 3.63) is 0 Å². The van der Waals surface area contributed by atoms with E-state index in [1.54, 1.807) is 0 Å². The maximum atomic E-state index is 3.52. The molecule has 2 heteroatoms. The van der Waals surface area contributed by atoms with Crippen molar-refractivity contribution in [2.45, 2.75) is 66.0 Å². The Morgan fingerprint density at radius 1 is 1.06 bits per heavy atom. The summed E-state index contributed by atoms with van der Waals surface area (Å²) < 4.78 is 0.